The lowest BCUT2D eigenvalue weighted by molar-refractivity contribution is -0.141. The van der Waals surface area contributed by atoms with Gasteiger partial charge < -0.3 is 11.1 Å². The number of nitrogens with one attached hydrogen (secondary N) is 1. The van der Waals surface area contributed by atoms with Crippen molar-refractivity contribution in [3.63, 3.8) is 0 Å². The minimum absolute atomic E-state index is 0.166. The van der Waals surface area contributed by atoms with E-state index >= 15 is 0 Å². The number of amides is 2. The average molecular weight is 313 g/mol. The maximum absolute atomic E-state index is 12.5. The van der Waals surface area contributed by atoms with Gasteiger partial charge in [0.1, 0.15) is 11.3 Å². The fourth-order valence-corrected chi connectivity index (χ4v) is 2.36. The maximum atomic E-state index is 12.5. The molecule has 1 aliphatic rings. The Morgan fingerprint density at radius 2 is 2.00 bits per heavy atom. The molecule has 0 aliphatic carbocycles. The number of carbonyl (C=O) groups excluding carboxylic acids is 2. The van der Waals surface area contributed by atoms with Crippen LogP contribution < -0.4 is 11.1 Å². The molecular weight excluding hydrogens is 299 g/mol. The Kier molecular flexibility index (Phi) is 3.72. The summed E-state index contributed by atoms with van der Waals surface area (Å²) in [7, 11) is 0. The Balaban J connectivity index is 2.38. The fourth-order valence-electron chi connectivity index (χ4n) is 2.36. The first kappa shape index (κ1) is 16.0. The van der Waals surface area contributed by atoms with Crippen LogP contribution in [0.2, 0.25) is 0 Å². The lowest BCUT2D eigenvalue weighted by atomic mass is 9.76. The molecule has 2 rings (SSSR count). The largest absolute Gasteiger partial charge is 0.433 e. The smallest absolute Gasteiger partial charge is 0.365 e. The molecule has 3 N–H and O–H groups in total. The van der Waals surface area contributed by atoms with Gasteiger partial charge in [-0.05, 0) is 11.6 Å². The number of hydrogen-bond acceptors (Lipinski definition) is 3. The van der Waals surface area contributed by atoms with Crippen LogP contribution in [0.1, 0.15) is 31.1 Å². The van der Waals surface area contributed by atoms with Crippen molar-refractivity contribution in [3.05, 3.63) is 41.2 Å². The summed E-state index contributed by atoms with van der Waals surface area (Å²) in [5.41, 5.74) is 3.65. The number of halogens is 3. The number of primary amides is 1. The van der Waals surface area contributed by atoms with E-state index in [2.05, 4.69) is 10.3 Å². The van der Waals surface area contributed by atoms with Crippen LogP contribution in [-0.2, 0) is 15.8 Å². The van der Waals surface area contributed by atoms with Gasteiger partial charge in [-0.2, -0.15) is 13.2 Å². The van der Waals surface area contributed by atoms with E-state index in [-0.39, 0.29) is 5.57 Å². The van der Waals surface area contributed by atoms with Gasteiger partial charge >= 0.3 is 6.18 Å². The number of carbonyl (C=O) groups is 2. The number of hydrogen-bond donors (Lipinski definition) is 2. The molecule has 22 heavy (non-hydrogen) atoms. The minimum atomic E-state index is -4.52. The number of nitrogens with zero attached hydrogens (tertiary/aromatic N) is 1. The second kappa shape index (κ2) is 5.11. The fraction of sp³-hybridized carbons (Fsp3) is 0.357. The van der Waals surface area contributed by atoms with Crippen molar-refractivity contribution in [1.29, 1.82) is 0 Å². The molecule has 118 valence electrons. The molecule has 2 heterocycles. The van der Waals surface area contributed by atoms with Crippen molar-refractivity contribution in [2.24, 2.45) is 11.1 Å². The number of pyridine rings is 1. The first-order valence-electron chi connectivity index (χ1n) is 6.39. The highest BCUT2D eigenvalue weighted by Gasteiger charge is 2.39. The molecule has 0 saturated heterocycles. The SMILES string of the molecule is CC1(C)C=C(C(N)=O)C(=O)NC1c1ccc(C(F)(F)F)nc1. The number of nitrogens with two attached hydrogens (primary N) is 1. The maximum Gasteiger partial charge on any atom is 0.433 e. The van der Waals surface area contributed by atoms with Gasteiger partial charge in [-0.25, -0.2) is 0 Å². The molecule has 1 aromatic rings. The third-order valence-corrected chi connectivity index (χ3v) is 3.46. The van der Waals surface area contributed by atoms with Gasteiger partial charge in [-0.15, -0.1) is 0 Å². The van der Waals surface area contributed by atoms with Crippen molar-refractivity contribution >= 4 is 11.8 Å². The van der Waals surface area contributed by atoms with Crippen molar-refractivity contribution in [2.75, 3.05) is 0 Å². The predicted molar refractivity (Wildman–Crippen MR) is 71.2 cm³/mol. The van der Waals surface area contributed by atoms with Crippen LogP contribution in [0.5, 0.6) is 0 Å². The number of aromatic nitrogens is 1. The van der Waals surface area contributed by atoms with Crippen LogP contribution in [0.3, 0.4) is 0 Å². The summed E-state index contributed by atoms with van der Waals surface area (Å²) in [6.07, 6.45) is -2.03. The van der Waals surface area contributed by atoms with Gasteiger partial charge in [0.2, 0.25) is 0 Å². The minimum Gasteiger partial charge on any atom is -0.365 e. The molecule has 0 spiro atoms. The molecule has 8 heteroatoms. The molecule has 0 fully saturated rings. The van der Waals surface area contributed by atoms with E-state index in [0.717, 1.165) is 12.3 Å². The molecule has 0 bridgehead atoms. The van der Waals surface area contributed by atoms with E-state index in [1.165, 1.54) is 12.1 Å². The molecule has 0 aromatic carbocycles. The summed E-state index contributed by atoms with van der Waals surface area (Å²) in [5, 5.41) is 2.58. The van der Waals surface area contributed by atoms with Gasteiger partial charge in [0.05, 0.1) is 6.04 Å². The standard InChI is InChI=1S/C14H14F3N3O2/c1-13(2)5-8(11(18)21)12(22)20-10(13)7-3-4-9(19-6-7)14(15,16)17/h3-6,10H,1-2H3,(H2,18,21)(H,20,22). The Morgan fingerprint density at radius 3 is 2.45 bits per heavy atom. The quantitative estimate of drug-likeness (QED) is 0.815. The van der Waals surface area contributed by atoms with Crippen LogP contribution in [0.4, 0.5) is 13.2 Å². The third-order valence-electron chi connectivity index (χ3n) is 3.46. The summed E-state index contributed by atoms with van der Waals surface area (Å²) >= 11 is 0. The second-order valence-electron chi connectivity index (χ2n) is 5.62. The van der Waals surface area contributed by atoms with Crippen LogP contribution >= 0.6 is 0 Å². The molecule has 1 aromatic heterocycles. The van der Waals surface area contributed by atoms with Gasteiger partial charge in [0.15, 0.2) is 0 Å². The lowest BCUT2D eigenvalue weighted by Crippen LogP contribution is -2.45. The van der Waals surface area contributed by atoms with Crippen LogP contribution in [-0.4, -0.2) is 16.8 Å². The van der Waals surface area contributed by atoms with E-state index < -0.39 is 35.1 Å². The van der Waals surface area contributed by atoms with Crippen LogP contribution in [0.25, 0.3) is 0 Å². The molecule has 1 aliphatic heterocycles. The second-order valence-corrected chi connectivity index (χ2v) is 5.62. The van der Waals surface area contributed by atoms with Crippen molar-refractivity contribution < 1.29 is 22.8 Å². The Labute approximate surface area is 124 Å². The van der Waals surface area contributed by atoms with E-state index in [1.807, 2.05) is 0 Å². The van der Waals surface area contributed by atoms with Crippen LogP contribution in [0.15, 0.2) is 30.0 Å². The Bertz CT molecular complexity index is 648. The van der Waals surface area contributed by atoms with E-state index in [4.69, 9.17) is 5.73 Å². The van der Waals surface area contributed by atoms with Crippen molar-refractivity contribution in [2.45, 2.75) is 26.1 Å². The van der Waals surface area contributed by atoms with Crippen LogP contribution in [0, 0.1) is 5.41 Å². The van der Waals surface area contributed by atoms with Gasteiger partial charge in [-0.1, -0.05) is 26.0 Å². The topological polar surface area (TPSA) is 85.1 Å². The molecule has 0 saturated carbocycles. The number of alkyl halides is 3. The molecule has 5 nitrogen and oxygen atoms in total. The van der Waals surface area contributed by atoms with Gasteiger partial charge in [-0.3, -0.25) is 14.6 Å². The first-order chi connectivity index (χ1) is 10.0. The lowest BCUT2D eigenvalue weighted by Gasteiger charge is -2.36. The summed E-state index contributed by atoms with van der Waals surface area (Å²) in [4.78, 5) is 26.4. The zero-order valence-corrected chi connectivity index (χ0v) is 11.9. The highest BCUT2D eigenvalue weighted by molar-refractivity contribution is 6.18. The van der Waals surface area contributed by atoms with E-state index in [1.54, 1.807) is 13.8 Å². The van der Waals surface area contributed by atoms with E-state index in [0.29, 0.717) is 5.56 Å². The first-order valence-corrected chi connectivity index (χ1v) is 6.39. The third kappa shape index (κ3) is 2.95. The summed E-state index contributed by atoms with van der Waals surface area (Å²) < 4.78 is 37.6. The Hall–Kier alpha value is -2.38. The van der Waals surface area contributed by atoms with E-state index in [9.17, 15) is 22.8 Å². The Morgan fingerprint density at radius 1 is 1.36 bits per heavy atom. The average Bonchev–Trinajstić information content (AvgIpc) is 2.40. The van der Waals surface area contributed by atoms with Gasteiger partial charge in [0, 0.05) is 11.6 Å². The normalized spacial score (nSPS) is 21.0. The predicted octanol–water partition coefficient (Wildman–Crippen LogP) is 1.71. The molecule has 0 radical (unpaired) electrons. The molecular formula is C14H14F3N3O2. The number of rotatable bonds is 2. The zero-order valence-electron chi connectivity index (χ0n) is 11.9. The summed E-state index contributed by atoms with van der Waals surface area (Å²) in [5.74, 6) is -1.51. The highest BCUT2D eigenvalue weighted by Crippen LogP contribution is 2.39. The highest BCUT2D eigenvalue weighted by atomic mass is 19.4. The monoisotopic (exact) mass is 313 g/mol. The van der Waals surface area contributed by atoms with Crippen molar-refractivity contribution in [1.82, 2.24) is 10.3 Å². The van der Waals surface area contributed by atoms with Crippen molar-refractivity contribution in [3.8, 4) is 0 Å². The zero-order chi connectivity index (χ0) is 16.7. The summed E-state index contributed by atoms with van der Waals surface area (Å²) in [6, 6.07) is 1.49. The molecule has 1 unspecified atom stereocenters. The summed E-state index contributed by atoms with van der Waals surface area (Å²) in [6.45, 7) is 3.47. The molecule has 1 atom stereocenters. The van der Waals surface area contributed by atoms with Gasteiger partial charge in [0.25, 0.3) is 11.8 Å². The molecule has 2 amide bonds.